The van der Waals surface area contributed by atoms with Crippen LogP contribution in [0.4, 0.5) is 18.9 Å². The first-order valence-electron chi connectivity index (χ1n) is 10.7. The molecule has 0 aliphatic rings. The molecule has 0 aliphatic carbocycles. The second kappa shape index (κ2) is 14.9. The Morgan fingerprint density at radius 2 is 1.83 bits per heavy atom. The number of nitrogens with one attached hydrogen (secondary N) is 1. The maximum absolute atomic E-state index is 12.5. The van der Waals surface area contributed by atoms with Crippen molar-refractivity contribution in [3.63, 3.8) is 0 Å². The third kappa shape index (κ3) is 12.2. The molecule has 1 amide bonds. The Hall–Kier alpha value is -3.18. The van der Waals surface area contributed by atoms with Gasteiger partial charge in [-0.1, -0.05) is 25.5 Å². The van der Waals surface area contributed by atoms with Crippen LogP contribution in [0.15, 0.2) is 53.9 Å². The maximum Gasteiger partial charge on any atom is 0.490 e. The number of alkyl halides is 3. The van der Waals surface area contributed by atoms with Crippen LogP contribution in [0.2, 0.25) is 0 Å². The summed E-state index contributed by atoms with van der Waals surface area (Å²) >= 11 is 1.61. The van der Waals surface area contributed by atoms with Crippen LogP contribution in [-0.4, -0.2) is 42.1 Å². The van der Waals surface area contributed by atoms with Gasteiger partial charge in [0, 0.05) is 23.4 Å². The zero-order valence-corrected chi connectivity index (χ0v) is 20.2. The Bertz CT molecular complexity index is 961. The van der Waals surface area contributed by atoms with E-state index in [2.05, 4.69) is 12.2 Å². The number of anilines is 1. The highest BCUT2D eigenvalue weighted by Crippen LogP contribution is 2.18. The second-order valence-electron chi connectivity index (χ2n) is 7.49. The number of nitrogens with two attached hydrogens (primary N) is 1. The quantitative estimate of drug-likeness (QED) is 0.370. The van der Waals surface area contributed by atoms with E-state index >= 15 is 0 Å². The Labute approximate surface area is 205 Å². The lowest BCUT2D eigenvalue weighted by Gasteiger charge is -2.15. The summed E-state index contributed by atoms with van der Waals surface area (Å²) in [5.41, 5.74) is 6.77. The highest BCUT2D eigenvalue weighted by atomic mass is 32.1. The van der Waals surface area contributed by atoms with E-state index in [0.717, 1.165) is 23.5 Å². The fourth-order valence-electron chi connectivity index (χ4n) is 2.89. The van der Waals surface area contributed by atoms with Crippen molar-refractivity contribution in [3.05, 3.63) is 58.8 Å². The average molecular weight is 515 g/mol. The number of thiophene rings is 1. The summed E-state index contributed by atoms with van der Waals surface area (Å²) in [7, 11) is 1.60. The molecule has 0 fully saturated rings. The van der Waals surface area contributed by atoms with Gasteiger partial charge in [-0.25, -0.2) is 4.79 Å². The van der Waals surface area contributed by atoms with Crippen LogP contribution in [0, 0.1) is 5.92 Å². The molecule has 2 rings (SSSR count). The summed E-state index contributed by atoms with van der Waals surface area (Å²) in [6, 6.07) is 10.6. The zero-order valence-electron chi connectivity index (χ0n) is 19.4. The molecule has 192 valence electrons. The third-order valence-corrected chi connectivity index (χ3v) is 5.56. The normalized spacial score (nSPS) is 12.9. The fraction of sp³-hybridized carbons (Fsp3) is 0.375. The zero-order chi connectivity index (χ0) is 26.4. The molecule has 0 aliphatic heterocycles. The number of carbonyl (C=O) groups excluding carboxylic acids is 2. The Balaban J connectivity index is 0.000000762. The Morgan fingerprint density at radius 1 is 1.20 bits per heavy atom. The maximum atomic E-state index is 12.5. The van der Waals surface area contributed by atoms with Crippen molar-refractivity contribution in [2.24, 2.45) is 11.7 Å². The van der Waals surface area contributed by atoms with E-state index in [-0.39, 0.29) is 17.6 Å². The van der Waals surface area contributed by atoms with Gasteiger partial charge in [0.05, 0.1) is 13.2 Å². The number of ether oxygens (including phenoxy) is 1. The number of Topliss-reactive ketones (excluding diaryl/α,β-unsaturated/α-hetero) is 1. The van der Waals surface area contributed by atoms with Gasteiger partial charge in [0.15, 0.2) is 0 Å². The first kappa shape index (κ1) is 29.9. The molecule has 0 saturated carbocycles. The topological polar surface area (TPSA) is 119 Å². The van der Waals surface area contributed by atoms with Crippen LogP contribution in [0.1, 0.15) is 31.1 Å². The van der Waals surface area contributed by atoms with E-state index in [0.29, 0.717) is 18.5 Å². The van der Waals surface area contributed by atoms with Gasteiger partial charge in [-0.3, -0.25) is 9.59 Å². The summed E-state index contributed by atoms with van der Waals surface area (Å²) in [5, 5.41) is 11.9. The lowest BCUT2D eigenvalue weighted by molar-refractivity contribution is -0.192. The van der Waals surface area contributed by atoms with E-state index in [1.54, 1.807) is 42.7 Å². The van der Waals surface area contributed by atoms with Crippen LogP contribution in [0.3, 0.4) is 0 Å². The second-order valence-corrected chi connectivity index (χ2v) is 8.52. The highest BCUT2D eigenvalue weighted by Gasteiger charge is 2.38. The van der Waals surface area contributed by atoms with Gasteiger partial charge >= 0.3 is 12.1 Å². The summed E-state index contributed by atoms with van der Waals surface area (Å²) in [6.07, 6.45) is 0.927. The number of carbonyl (C=O) groups is 3. The molecule has 1 aromatic heterocycles. The van der Waals surface area contributed by atoms with Gasteiger partial charge in [0.1, 0.15) is 11.5 Å². The largest absolute Gasteiger partial charge is 0.497 e. The number of hydrogen-bond acceptors (Lipinski definition) is 6. The summed E-state index contributed by atoms with van der Waals surface area (Å²) < 4.78 is 36.8. The van der Waals surface area contributed by atoms with Crippen LogP contribution < -0.4 is 15.8 Å². The van der Waals surface area contributed by atoms with E-state index in [1.165, 1.54) is 6.08 Å². The smallest absolute Gasteiger partial charge is 0.490 e. The lowest BCUT2D eigenvalue weighted by atomic mass is 9.93. The summed E-state index contributed by atoms with van der Waals surface area (Å²) in [4.78, 5) is 34.7. The van der Waals surface area contributed by atoms with E-state index in [9.17, 15) is 22.8 Å². The molecular formula is C24H29F3N2O5S. The molecule has 0 saturated heterocycles. The number of benzene rings is 1. The fourth-order valence-corrected chi connectivity index (χ4v) is 3.65. The van der Waals surface area contributed by atoms with E-state index < -0.39 is 18.2 Å². The molecule has 1 heterocycles. The Kier molecular flexibility index (Phi) is 12.7. The molecule has 0 radical (unpaired) electrons. The predicted octanol–water partition coefficient (Wildman–Crippen LogP) is 4.83. The van der Waals surface area contributed by atoms with Crippen molar-refractivity contribution in [3.8, 4) is 5.75 Å². The molecule has 0 bridgehead atoms. The predicted molar refractivity (Wildman–Crippen MR) is 128 cm³/mol. The van der Waals surface area contributed by atoms with Crippen LogP contribution in [0.25, 0.3) is 0 Å². The molecule has 0 unspecified atom stereocenters. The van der Waals surface area contributed by atoms with Crippen molar-refractivity contribution >= 4 is 34.7 Å². The van der Waals surface area contributed by atoms with Crippen molar-refractivity contribution in [2.75, 3.05) is 12.4 Å². The van der Waals surface area contributed by atoms with E-state index in [4.69, 9.17) is 20.4 Å². The Morgan fingerprint density at radius 3 is 2.31 bits per heavy atom. The number of hydrogen-bond donors (Lipinski definition) is 3. The standard InChI is InChI=1S/C22H28N2O3S.C2HF3O2/c1-3-5-16(14-21(25)20(23)15-19-6-4-13-28-19)7-12-22(26)24-17-8-10-18(27-2)11-9-17;3-2(4,5)1(6)7/h4,6-13,16,20H,3,5,14-15,23H2,1-2H3,(H,24,26);(H,6,7)/b12-7+;/t16-,20-;/m0./s1. The molecule has 4 N–H and O–H groups in total. The first-order valence-corrected chi connectivity index (χ1v) is 11.6. The van der Waals surface area contributed by atoms with Crippen LogP contribution in [-0.2, 0) is 20.8 Å². The van der Waals surface area contributed by atoms with Gasteiger partial charge in [0.25, 0.3) is 0 Å². The molecular weight excluding hydrogens is 485 g/mol. The average Bonchev–Trinajstić information content (AvgIpc) is 3.31. The minimum atomic E-state index is -5.08. The van der Waals surface area contributed by atoms with Crippen LogP contribution >= 0.6 is 11.3 Å². The van der Waals surface area contributed by atoms with Gasteiger partial charge in [-0.2, -0.15) is 13.2 Å². The number of aliphatic carboxylic acids is 1. The molecule has 2 aromatic rings. The number of rotatable bonds is 11. The molecule has 1 aromatic carbocycles. The number of amides is 1. The number of allylic oxidation sites excluding steroid dienone is 1. The van der Waals surface area contributed by atoms with Crippen LogP contribution in [0.5, 0.6) is 5.75 Å². The molecule has 2 atom stereocenters. The number of ketones is 1. The van der Waals surface area contributed by atoms with Crippen molar-refractivity contribution in [1.29, 1.82) is 0 Å². The third-order valence-electron chi connectivity index (χ3n) is 4.66. The van der Waals surface area contributed by atoms with Crippen molar-refractivity contribution in [1.82, 2.24) is 0 Å². The summed E-state index contributed by atoms with van der Waals surface area (Å²) in [6.45, 7) is 2.06. The minimum absolute atomic E-state index is 0.00787. The number of methoxy groups -OCH3 is 1. The molecule has 35 heavy (non-hydrogen) atoms. The molecule has 11 heteroatoms. The molecule has 0 spiro atoms. The van der Waals surface area contributed by atoms with Gasteiger partial charge in [-0.05, 0) is 54.1 Å². The highest BCUT2D eigenvalue weighted by molar-refractivity contribution is 7.09. The lowest BCUT2D eigenvalue weighted by Crippen LogP contribution is -2.33. The number of halogens is 3. The SMILES string of the molecule is CCC[C@@H](/C=C/C(=O)Nc1ccc(OC)cc1)CC(=O)[C@@H](N)Cc1cccs1.O=C(O)C(F)(F)F. The van der Waals surface area contributed by atoms with Gasteiger partial charge in [0.2, 0.25) is 5.91 Å². The monoisotopic (exact) mass is 514 g/mol. The number of carboxylic acids is 1. The van der Waals surface area contributed by atoms with E-state index in [1.807, 2.05) is 23.6 Å². The summed E-state index contributed by atoms with van der Waals surface area (Å²) in [5.74, 6) is -2.20. The van der Waals surface area contributed by atoms with Crippen molar-refractivity contribution in [2.45, 2.75) is 44.8 Å². The minimum Gasteiger partial charge on any atom is -0.497 e. The number of carboxylic acid groups (broad SMARTS) is 1. The first-order chi connectivity index (χ1) is 16.5. The van der Waals surface area contributed by atoms with Gasteiger partial charge < -0.3 is 20.9 Å². The van der Waals surface area contributed by atoms with Gasteiger partial charge in [-0.15, -0.1) is 11.3 Å². The van der Waals surface area contributed by atoms with Crippen molar-refractivity contribution < 1.29 is 37.4 Å². The molecule has 7 nitrogen and oxygen atoms in total.